The van der Waals surface area contributed by atoms with Gasteiger partial charge in [-0.1, -0.05) is 23.9 Å². The van der Waals surface area contributed by atoms with Gasteiger partial charge in [-0.3, -0.25) is 5.32 Å². The van der Waals surface area contributed by atoms with Gasteiger partial charge in [-0.15, -0.1) is 0 Å². The molecule has 1 amide bonds. The number of halogens is 2. The molecule has 0 aliphatic rings. The lowest BCUT2D eigenvalue weighted by Gasteiger charge is -2.08. The zero-order valence-corrected chi connectivity index (χ0v) is 16.8. The molecule has 0 bridgehead atoms. The fraction of sp³-hybridized carbons (Fsp3) is 0.0435. The van der Waals surface area contributed by atoms with E-state index in [2.05, 4.69) is 11.4 Å². The Morgan fingerprint density at radius 2 is 1.81 bits per heavy atom. The van der Waals surface area contributed by atoms with Gasteiger partial charge in [0.15, 0.2) is 0 Å². The summed E-state index contributed by atoms with van der Waals surface area (Å²) in [7, 11) is 0. The van der Waals surface area contributed by atoms with E-state index in [1.807, 2.05) is 18.3 Å². The SMILES string of the molecule is N#Cc1ccccc1Sc1cn(Cc2cc(F)cc(F)c2)c2cc(NC(=O)O)ccc12. The second kappa shape index (κ2) is 8.50. The summed E-state index contributed by atoms with van der Waals surface area (Å²) in [5.41, 5.74) is 2.02. The molecule has 0 aliphatic carbocycles. The molecule has 2 N–H and O–H groups in total. The van der Waals surface area contributed by atoms with Gasteiger partial charge in [0.2, 0.25) is 0 Å². The Morgan fingerprint density at radius 1 is 1.06 bits per heavy atom. The lowest BCUT2D eigenvalue weighted by Crippen LogP contribution is -2.07. The Bertz CT molecular complexity index is 1320. The van der Waals surface area contributed by atoms with Crippen LogP contribution in [0, 0.1) is 23.0 Å². The summed E-state index contributed by atoms with van der Waals surface area (Å²) in [6.07, 6.45) is 0.638. The number of hydrogen-bond acceptors (Lipinski definition) is 3. The van der Waals surface area contributed by atoms with Crippen LogP contribution in [0.1, 0.15) is 11.1 Å². The van der Waals surface area contributed by atoms with E-state index in [-0.39, 0.29) is 6.54 Å². The maximum absolute atomic E-state index is 13.7. The molecule has 8 heteroatoms. The van der Waals surface area contributed by atoms with Crippen molar-refractivity contribution < 1.29 is 18.7 Å². The Balaban J connectivity index is 1.81. The number of nitrogens with one attached hydrogen (secondary N) is 1. The molecule has 4 aromatic rings. The molecule has 0 aliphatic heterocycles. The number of nitrogens with zero attached hydrogens (tertiary/aromatic N) is 2. The second-order valence-corrected chi connectivity index (χ2v) is 7.85. The number of amides is 1. The average Bonchev–Trinajstić information content (AvgIpc) is 3.03. The van der Waals surface area contributed by atoms with Gasteiger partial charge in [0.25, 0.3) is 0 Å². The molecule has 1 heterocycles. The summed E-state index contributed by atoms with van der Waals surface area (Å²) in [5, 5.41) is 21.5. The lowest BCUT2D eigenvalue weighted by molar-refractivity contribution is 0.210. The fourth-order valence-corrected chi connectivity index (χ4v) is 4.41. The molecule has 0 unspecified atom stereocenters. The number of carbonyl (C=O) groups is 1. The molecular formula is C23H15F2N3O2S. The molecule has 31 heavy (non-hydrogen) atoms. The van der Waals surface area contributed by atoms with Crippen LogP contribution in [0.2, 0.25) is 0 Å². The third-order valence-corrected chi connectivity index (χ3v) is 5.72. The van der Waals surface area contributed by atoms with E-state index in [0.717, 1.165) is 21.2 Å². The topological polar surface area (TPSA) is 78.0 Å². The first kappa shape index (κ1) is 20.4. The number of fused-ring (bicyclic) bond motifs is 1. The monoisotopic (exact) mass is 435 g/mol. The largest absolute Gasteiger partial charge is 0.465 e. The van der Waals surface area contributed by atoms with E-state index in [9.17, 15) is 18.8 Å². The summed E-state index contributed by atoms with van der Waals surface area (Å²) >= 11 is 1.40. The number of benzene rings is 3. The number of nitriles is 1. The van der Waals surface area contributed by atoms with Gasteiger partial charge in [0, 0.05) is 39.7 Å². The van der Waals surface area contributed by atoms with Gasteiger partial charge < -0.3 is 9.67 Å². The smallest absolute Gasteiger partial charge is 0.409 e. The van der Waals surface area contributed by atoms with Crippen molar-refractivity contribution in [3.63, 3.8) is 0 Å². The van der Waals surface area contributed by atoms with Crippen molar-refractivity contribution in [3.8, 4) is 6.07 Å². The maximum Gasteiger partial charge on any atom is 0.409 e. The Morgan fingerprint density at radius 3 is 2.52 bits per heavy atom. The average molecular weight is 435 g/mol. The molecule has 0 saturated carbocycles. The molecule has 0 atom stereocenters. The molecule has 0 radical (unpaired) electrons. The van der Waals surface area contributed by atoms with Gasteiger partial charge in [-0.05, 0) is 48.0 Å². The molecule has 154 valence electrons. The highest BCUT2D eigenvalue weighted by Gasteiger charge is 2.14. The van der Waals surface area contributed by atoms with E-state index in [4.69, 9.17) is 5.11 Å². The summed E-state index contributed by atoms with van der Waals surface area (Å²) in [6, 6.07) is 17.8. The van der Waals surface area contributed by atoms with Gasteiger partial charge >= 0.3 is 6.09 Å². The Hall–Kier alpha value is -3.83. The Labute approximate surface area is 180 Å². The van der Waals surface area contributed by atoms with Gasteiger partial charge in [-0.2, -0.15) is 5.26 Å². The predicted molar refractivity (Wildman–Crippen MR) is 114 cm³/mol. The van der Waals surface area contributed by atoms with Crippen molar-refractivity contribution in [2.75, 3.05) is 5.32 Å². The Kier molecular flexibility index (Phi) is 5.60. The number of aromatic nitrogens is 1. The minimum atomic E-state index is -1.19. The normalized spacial score (nSPS) is 10.7. The van der Waals surface area contributed by atoms with Crippen molar-refractivity contribution in [2.24, 2.45) is 0 Å². The van der Waals surface area contributed by atoms with Crippen LogP contribution in [0.4, 0.5) is 19.3 Å². The maximum atomic E-state index is 13.7. The van der Waals surface area contributed by atoms with Crippen LogP contribution in [0.5, 0.6) is 0 Å². The summed E-state index contributed by atoms with van der Waals surface area (Å²) in [5.74, 6) is -1.34. The van der Waals surface area contributed by atoms with Crippen molar-refractivity contribution in [1.82, 2.24) is 4.57 Å². The number of anilines is 1. The van der Waals surface area contributed by atoms with Crippen molar-refractivity contribution in [2.45, 2.75) is 16.3 Å². The van der Waals surface area contributed by atoms with Crippen molar-refractivity contribution >= 4 is 34.4 Å². The van der Waals surface area contributed by atoms with Crippen molar-refractivity contribution in [3.05, 3.63) is 89.6 Å². The summed E-state index contributed by atoms with van der Waals surface area (Å²) < 4.78 is 29.1. The van der Waals surface area contributed by atoms with Gasteiger partial charge in [0.1, 0.15) is 17.7 Å². The highest BCUT2D eigenvalue weighted by molar-refractivity contribution is 7.99. The highest BCUT2D eigenvalue weighted by atomic mass is 32.2. The summed E-state index contributed by atoms with van der Waals surface area (Å²) in [4.78, 5) is 12.6. The molecule has 0 saturated heterocycles. The molecule has 0 fully saturated rings. The minimum Gasteiger partial charge on any atom is -0.465 e. The zero-order chi connectivity index (χ0) is 22.0. The van der Waals surface area contributed by atoms with Crippen LogP contribution < -0.4 is 5.32 Å². The number of carboxylic acid groups (broad SMARTS) is 1. The van der Waals surface area contributed by atoms with Crippen LogP contribution in [0.3, 0.4) is 0 Å². The van der Waals surface area contributed by atoms with Crippen molar-refractivity contribution in [1.29, 1.82) is 5.26 Å². The first-order valence-corrected chi connectivity index (χ1v) is 9.99. The van der Waals surface area contributed by atoms with Crippen LogP contribution in [-0.4, -0.2) is 15.8 Å². The van der Waals surface area contributed by atoms with E-state index in [0.29, 0.717) is 22.3 Å². The second-order valence-electron chi connectivity index (χ2n) is 6.77. The minimum absolute atomic E-state index is 0.183. The van der Waals surface area contributed by atoms with Gasteiger partial charge in [-0.25, -0.2) is 13.6 Å². The van der Waals surface area contributed by atoms with E-state index < -0.39 is 17.7 Å². The third kappa shape index (κ3) is 4.52. The fourth-order valence-electron chi connectivity index (χ4n) is 3.34. The van der Waals surface area contributed by atoms with Crippen LogP contribution in [0.15, 0.2) is 76.7 Å². The number of hydrogen-bond donors (Lipinski definition) is 2. The van der Waals surface area contributed by atoms with Crippen LogP contribution in [0.25, 0.3) is 10.9 Å². The molecule has 3 aromatic carbocycles. The number of rotatable bonds is 5. The van der Waals surface area contributed by atoms with E-state index in [1.165, 1.54) is 23.9 Å². The molecule has 5 nitrogen and oxygen atoms in total. The van der Waals surface area contributed by atoms with E-state index in [1.54, 1.807) is 34.9 Å². The predicted octanol–water partition coefficient (Wildman–Crippen LogP) is 6.08. The van der Waals surface area contributed by atoms with Crippen LogP contribution >= 0.6 is 11.8 Å². The quantitative estimate of drug-likeness (QED) is 0.398. The molecule has 4 rings (SSSR count). The third-order valence-electron chi connectivity index (χ3n) is 4.60. The first-order chi connectivity index (χ1) is 14.9. The van der Waals surface area contributed by atoms with Crippen LogP contribution in [-0.2, 0) is 6.54 Å². The highest BCUT2D eigenvalue weighted by Crippen LogP contribution is 2.37. The molecule has 0 spiro atoms. The lowest BCUT2D eigenvalue weighted by atomic mass is 10.2. The molecule has 1 aromatic heterocycles. The van der Waals surface area contributed by atoms with Gasteiger partial charge in [0.05, 0.1) is 11.1 Å². The standard InChI is InChI=1S/C23H15F2N3O2S/c24-16-7-14(8-17(25)9-16)12-28-13-22(31-21-4-2-1-3-15(21)11-26)19-6-5-18(10-20(19)28)27-23(29)30/h1-10,13,27H,12H2,(H,29,30). The first-order valence-electron chi connectivity index (χ1n) is 9.18. The summed E-state index contributed by atoms with van der Waals surface area (Å²) in [6.45, 7) is 0.183. The van der Waals surface area contributed by atoms with E-state index >= 15 is 0 Å². The zero-order valence-electron chi connectivity index (χ0n) is 16.0. The molecular weight excluding hydrogens is 420 g/mol.